The second-order valence-electron chi connectivity index (χ2n) is 7.76. The third kappa shape index (κ3) is 5.03. The van der Waals surface area contributed by atoms with Gasteiger partial charge in [-0.3, -0.25) is 9.59 Å². The number of nitrogens with two attached hydrogens (primary N) is 1. The molecule has 0 spiro atoms. The van der Waals surface area contributed by atoms with Crippen molar-refractivity contribution in [1.29, 1.82) is 0 Å². The number of nitrogens with one attached hydrogen (secondary N) is 2. The molecule has 0 aromatic heterocycles. The van der Waals surface area contributed by atoms with Crippen molar-refractivity contribution in [3.05, 3.63) is 69.7 Å². The van der Waals surface area contributed by atoms with Gasteiger partial charge < -0.3 is 21.3 Å². The molecule has 31 heavy (non-hydrogen) atoms. The number of alkyl halides is 1. The number of allylic oxidation sites excluding steroid dienone is 3. The van der Waals surface area contributed by atoms with Crippen molar-refractivity contribution < 1.29 is 9.59 Å². The normalized spacial score (nSPS) is 25.4. The molecule has 2 amide bonds. The number of rotatable bonds is 4. The predicted octanol–water partition coefficient (Wildman–Crippen LogP) is 3.31. The summed E-state index contributed by atoms with van der Waals surface area (Å²) in [5.41, 5.74) is 9.74. The van der Waals surface area contributed by atoms with Gasteiger partial charge in [0.25, 0.3) is 5.91 Å². The Morgan fingerprint density at radius 3 is 2.81 bits per heavy atom. The molecule has 1 aromatic carbocycles. The Kier molecular flexibility index (Phi) is 7.57. The van der Waals surface area contributed by atoms with Gasteiger partial charge in [0.05, 0.1) is 22.6 Å². The summed E-state index contributed by atoms with van der Waals surface area (Å²) in [4.78, 5) is 26.5. The highest BCUT2D eigenvalue weighted by Crippen LogP contribution is 2.34. The summed E-state index contributed by atoms with van der Waals surface area (Å²) in [7, 11) is 0. The Balaban J connectivity index is 0.00000272. The summed E-state index contributed by atoms with van der Waals surface area (Å²) < 4.78 is 0. The number of nitrogens with zero attached hydrogens (tertiary/aromatic N) is 1. The van der Waals surface area contributed by atoms with E-state index >= 15 is 0 Å². The van der Waals surface area contributed by atoms with E-state index in [0.717, 1.165) is 41.8 Å². The summed E-state index contributed by atoms with van der Waals surface area (Å²) in [6.07, 6.45) is 7.56. The topological polar surface area (TPSA) is 87.5 Å². The summed E-state index contributed by atoms with van der Waals surface area (Å²) >= 11 is 12.8. The zero-order valence-electron chi connectivity index (χ0n) is 16.9. The van der Waals surface area contributed by atoms with Gasteiger partial charge >= 0.3 is 0 Å². The number of piperidine rings is 1. The molecule has 0 radical (unpaired) electrons. The zero-order chi connectivity index (χ0) is 21.3. The van der Waals surface area contributed by atoms with Crippen LogP contribution in [0.25, 0.3) is 0 Å². The fourth-order valence-corrected chi connectivity index (χ4v) is 4.83. The van der Waals surface area contributed by atoms with Crippen LogP contribution in [0.4, 0.5) is 0 Å². The van der Waals surface area contributed by atoms with Gasteiger partial charge in [0.2, 0.25) is 5.91 Å². The molecule has 9 heteroatoms. The van der Waals surface area contributed by atoms with Gasteiger partial charge in [-0.25, -0.2) is 0 Å². The van der Waals surface area contributed by atoms with E-state index in [0.29, 0.717) is 30.2 Å². The van der Waals surface area contributed by atoms with E-state index in [9.17, 15) is 9.59 Å². The SMILES string of the molecule is Cl.NC(=O)C1=CC=CN/C1=C1/CCC(Cl)CN1Cc1cc(Cl)ccc1C1CCNC1=O. The first-order valence-electron chi connectivity index (χ1n) is 10.1. The highest BCUT2D eigenvalue weighted by molar-refractivity contribution is 6.30. The van der Waals surface area contributed by atoms with Crippen molar-refractivity contribution in [1.82, 2.24) is 15.5 Å². The zero-order valence-corrected chi connectivity index (χ0v) is 19.2. The van der Waals surface area contributed by atoms with E-state index in [1.54, 1.807) is 18.4 Å². The number of amides is 2. The maximum Gasteiger partial charge on any atom is 0.250 e. The maximum absolute atomic E-state index is 12.3. The molecule has 0 bridgehead atoms. The molecule has 4 N–H and O–H groups in total. The van der Waals surface area contributed by atoms with Gasteiger partial charge in [-0.2, -0.15) is 0 Å². The number of benzene rings is 1. The quantitative estimate of drug-likeness (QED) is 0.573. The van der Waals surface area contributed by atoms with Crippen LogP contribution in [-0.2, 0) is 16.1 Å². The van der Waals surface area contributed by atoms with E-state index in [-0.39, 0.29) is 29.6 Å². The van der Waals surface area contributed by atoms with Crippen molar-refractivity contribution in [3.8, 4) is 0 Å². The van der Waals surface area contributed by atoms with E-state index in [2.05, 4.69) is 15.5 Å². The van der Waals surface area contributed by atoms with Crippen LogP contribution < -0.4 is 16.4 Å². The van der Waals surface area contributed by atoms with Crippen LogP contribution in [0.1, 0.15) is 36.3 Å². The Hall–Kier alpha value is -2.15. The van der Waals surface area contributed by atoms with Gasteiger partial charge in [-0.15, -0.1) is 24.0 Å². The molecule has 1 aromatic rings. The Bertz CT molecular complexity index is 974. The molecule has 4 rings (SSSR count). The van der Waals surface area contributed by atoms with Crippen LogP contribution in [-0.4, -0.2) is 35.2 Å². The largest absolute Gasteiger partial charge is 0.367 e. The molecule has 166 valence electrons. The van der Waals surface area contributed by atoms with Crippen LogP contribution in [0.15, 0.2) is 53.5 Å². The van der Waals surface area contributed by atoms with Crippen molar-refractivity contribution in [2.45, 2.75) is 37.1 Å². The number of carbonyl (C=O) groups is 2. The van der Waals surface area contributed by atoms with Crippen molar-refractivity contribution in [3.63, 3.8) is 0 Å². The summed E-state index contributed by atoms with van der Waals surface area (Å²) in [6, 6.07) is 5.69. The number of hydrogen-bond donors (Lipinski definition) is 3. The first-order chi connectivity index (χ1) is 14.4. The average molecular weight is 484 g/mol. The average Bonchev–Trinajstić information content (AvgIpc) is 3.14. The fraction of sp³-hybridized carbons (Fsp3) is 0.364. The minimum atomic E-state index is -0.478. The van der Waals surface area contributed by atoms with Crippen LogP contribution in [0.2, 0.25) is 5.02 Å². The predicted molar refractivity (Wildman–Crippen MR) is 125 cm³/mol. The smallest absolute Gasteiger partial charge is 0.250 e. The maximum atomic E-state index is 12.3. The summed E-state index contributed by atoms with van der Waals surface area (Å²) in [6.45, 7) is 1.84. The van der Waals surface area contributed by atoms with Crippen LogP contribution in [0.3, 0.4) is 0 Å². The van der Waals surface area contributed by atoms with Crippen LogP contribution in [0, 0.1) is 0 Å². The van der Waals surface area contributed by atoms with E-state index < -0.39 is 5.91 Å². The lowest BCUT2D eigenvalue weighted by Gasteiger charge is -2.37. The Labute approximate surface area is 197 Å². The van der Waals surface area contributed by atoms with E-state index in [4.69, 9.17) is 28.9 Å². The molecule has 3 aliphatic rings. The lowest BCUT2D eigenvalue weighted by molar-refractivity contribution is -0.120. The molecular formula is C22H25Cl3N4O2. The van der Waals surface area contributed by atoms with Gasteiger partial charge in [-0.1, -0.05) is 17.7 Å². The van der Waals surface area contributed by atoms with Crippen molar-refractivity contribution in [2.75, 3.05) is 13.1 Å². The second kappa shape index (κ2) is 9.98. The number of likely N-dealkylation sites (tertiary alicyclic amines) is 1. The summed E-state index contributed by atoms with van der Waals surface area (Å²) in [5, 5.41) is 6.72. The first kappa shape index (κ1) is 23.5. The van der Waals surface area contributed by atoms with Crippen LogP contribution >= 0.6 is 35.6 Å². The number of carbonyl (C=O) groups excluding carboxylic acids is 2. The minimum Gasteiger partial charge on any atom is -0.367 e. The summed E-state index contributed by atoms with van der Waals surface area (Å²) in [5.74, 6) is -0.612. The molecule has 3 aliphatic heterocycles. The third-order valence-electron chi connectivity index (χ3n) is 5.80. The fourth-order valence-electron chi connectivity index (χ4n) is 4.36. The van der Waals surface area contributed by atoms with Gasteiger partial charge in [-0.05, 0) is 54.7 Å². The first-order valence-corrected chi connectivity index (χ1v) is 10.9. The molecule has 0 saturated carbocycles. The number of halogens is 3. The standard InChI is InChI=1S/C22H24Cl2N4O2.ClH/c23-14-3-5-16(17-7-9-27-22(17)30)13(10-14)11-28-12-15(24)4-6-19(28)20-18(21(25)29)2-1-8-26-20;/h1-3,5,8,10,15,17,26H,4,6-7,9,11-12H2,(H2,25,29)(H,27,30);1H/b20-19-;. The molecule has 6 nitrogen and oxygen atoms in total. The van der Waals surface area contributed by atoms with Crippen LogP contribution in [0.5, 0.6) is 0 Å². The number of hydrogen-bond acceptors (Lipinski definition) is 4. The lowest BCUT2D eigenvalue weighted by Crippen LogP contribution is -2.38. The highest BCUT2D eigenvalue weighted by atomic mass is 35.5. The number of dihydropyridines is 1. The van der Waals surface area contributed by atoms with Gasteiger partial charge in [0, 0.05) is 36.6 Å². The molecule has 2 saturated heterocycles. The second-order valence-corrected chi connectivity index (χ2v) is 8.82. The third-order valence-corrected chi connectivity index (χ3v) is 6.39. The van der Waals surface area contributed by atoms with Gasteiger partial charge in [0.1, 0.15) is 0 Å². The van der Waals surface area contributed by atoms with E-state index in [1.165, 1.54) is 0 Å². The molecule has 2 unspecified atom stereocenters. The molecule has 2 atom stereocenters. The lowest BCUT2D eigenvalue weighted by atomic mass is 9.91. The molecular weight excluding hydrogens is 459 g/mol. The van der Waals surface area contributed by atoms with E-state index in [1.807, 2.05) is 18.2 Å². The van der Waals surface area contributed by atoms with Crippen molar-refractivity contribution >= 4 is 47.4 Å². The highest BCUT2D eigenvalue weighted by Gasteiger charge is 2.31. The Morgan fingerprint density at radius 2 is 2.10 bits per heavy atom. The minimum absolute atomic E-state index is 0. The molecule has 3 heterocycles. The van der Waals surface area contributed by atoms with Gasteiger partial charge in [0.15, 0.2) is 0 Å². The monoisotopic (exact) mass is 482 g/mol. The molecule has 2 fully saturated rings. The Morgan fingerprint density at radius 1 is 1.29 bits per heavy atom. The van der Waals surface area contributed by atoms with Crippen molar-refractivity contribution in [2.24, 2.45) is 5.73 Å². The molecule has 0 aliphatic carbocycles. The number of primary amides is 1.